The molecule has 2 rings (SSSR count). The molecule has 0 spiro atoms. The van der Waals surface area contributed by atoms with Crippen molar-refractivity contribution >= 4 is 22.8 Å². The Morgan fingerprint density at radius 1 is 1.09 bits per heavy atom. The van der Waals surface area contributed by atoms with Gasteiger partial charge in [0.15, 0.2) is 10.8 Å². The second-order valence-electron chi connectivity index (χ2n) is 5.71. The van der Waals surface area contributed by atoms with Crippen LogP contribution in [0.4, 0.5) is 0 Å². The molecule has 0 aliphatic heterocycles. The van der Waals surface area contributed by atoms with E-state index in [1.807, 2.05) is 4.57 Å². The van der Waals surface area contributed by atoms with Crippen LogP contribution in [0.15, 0.2) is 12.7 Å². The summed E-state index contributed by atoms with van der Waals surface area (Å²) < 4.78 is 2.03. The summed E-state index contributed by atoms with van der Waals surface area (Å²) in [7, 11) is 0. The van der Waals surface area contributed by atoms with Crippen molar-refractivity contribution < 1.29 is 5.11 Å². The number of aliphatic hydroxyl groups excluding tert-OH is 1. The molecule has 2 heterocycles. The Balaban J connectivity index is 1.99. The first-order chi connectivity index (χ1) is 10.8. The summed E-state index contributed by atoms with van der Waals surface area (Å²) in [6.45, 7) is 2.40. The van der Waals surface area contributed by atoms with E-state index in [0.29, 0.717) is 17.1 Å². The van der Waals surface area contributed by atoms with Crippen LogP contribution in [0.5, 0.6) is 0 Å². The van der Waals surface area contributed by atoms with Gasteiger partial charge in [-0.25, -0.2) is 15.0 Å². The summed E-state index contributed by atoms with van der Waals surface area (Å²) in [6.07, 6.45) is 12.6. The molecule has 0 saturated heterocycles. The Labute approximate surface area is 136 Å². The molecule has 6 heteroatoms. The standard InChI is InChI=1S/C16H25ClN4O/c1-2-3-4-5-6-7-8-13(9-10-22)21-12-20-14-15(17)18-11-19-16(14)21/h11-13,22H,2-10H2,1H3. The molecule has 1 N–H and O–H groups in total. The van der Waals surface area contributed by atoms with Gasteiger partial charge in [-0.2, -0.15) is 0 Å². The van der Waals surface area contributed by atoms with Crippen molar-refractivity contribution in [1.29, 1.82) is 0 Å². The number of fused-ring (bicyclic) bond motifs is 1. The van der Waals surface area contributed by atoms with Crippen LogP contribution in [0.2, 0.25) is 5.15 Å². The third kappa shape index (κ3) is 4.40. The minimum absolute atomic E-state index is 0.166. The molecule has 0 aliphatic rings. The van der Waals surface area contributed by atoms with E-state index >= 15 is 0 Å². The highest BCUT2D eigenvalue weighted by Gasteiger charge is 2.16. The number of halogens is 1. The van der Waals surface area contributed by atoms with Gasteiger partial charge in [0, 0.05) is 12.6 Å². The van der Waals surface area contributed by atoms with Crippen molar-refractivity contribution in [2.75, 3.05) is 6.61 Å². The lowest BCUT2D eigenvalue weighted by Crippen LogP contribution is -2.11. The number of imidazole rings is 1. The van der Waals surface area contributed by atoms with Crippen LogP contribution in [0, 0.1) is 0 Å². The molecule has 1 atom stereocenters. The molecule has 0 amide bonds. The Hall–Kier alpha value is -1.20. The largest absolute Gasteiger partial charge is 0.396 e. The number of aliphatic hydroxyl groups is 1. The van der Waals surface area contributed by atoms with Gasteiger partial charge in [-0.15, -0.1) is 0 Å². The molecular formula is C16H25ClN4O. The Morgan fingerprint density at radius 3 is 2.64 bits per heavy atom. The smallest absolute Gasteiger partial charge is 0.165 e. The van der Waals surface area contributed by atoms with Crippen molar-refractivity contribution in [2.45, 2.75) is 64.3 Å². The topological polar surface area (TPSA) is 63.8 Å². The highest BCUT2D eigenvalue weighted by molar-refractivity contribution is 6.33. The summed E-state index contributed by atoms with van der Waals surface area (Å²) >= 11 is 6.05. The zero-order valence-corrected chi connectivity index (χ0v) is 14.0. The maximum Gasteiger partial charge on any atom is 0.165 e. The lowest BCUT2D eigenvalue weighted by molar-refractivity contribution is 0.251. The molecule has 5 nitrogen and oxygen atoms in total. The number of unbranched alkanes of at least 4 members (excludes halogenated alkanes) is 5. The molecule has 2 aromatic heterocycles. The van der Waals surface area contributed by atoms with Gasteiger partial charge in [0.2, 0.25) is 0 Å². The molecule has 22 heavy (non-hydrogen) atoms. The van der Waals surface area contributed by atoms with E-state index in [9.17, 15) is 5.11 Å². The third-order valence-corrected chi connectivity index (χ3v) is 4.34. The predicted octanol–water partition coefficient (Wildman–Crippen LogP) is 4.15. The first kappa shape index (κ1) is 17.2. The molecule has 0 saturated carbocycles. The van der Waals surface area contributed by atoms with Gasteiger partial charge in [-0.05, 0) is 12.8 Å². The fraction of sp³-hybridized carbons (Fsp3) is 0.688. The minimum atomic E-state index is 0.166. The van der Waals surface area contributed by atoms with E-state index in [4.69, 9.17) is 11.6 Å². The van der Waals surface area contributed by atoms with Gasteiger partial charge in [0.05, 0.1) is 6.33 Å². The zero-order chi connectivity index (χ0) is 15.8. The van der Waals surface area contributed by atoms with Crippen LogP contribution >= 0.6 is 11.6 Å². The second-order valence-corrected chi connectivity index (χ2v) is 6.07. The number of rotatable bonds is 10. The SMILES string of the molecule is CCCCCCCCC(CCO)n1cnc2c(Cl)ncnc21. The quantitative estimate of drug-likeness (QED) is 0.526. The Bertz CT molecular complexity index is 572. The maximum atomic E-state index is 9.34. The van der Waals surface area contributed by atoms with Crippen molar-refractivity contribution in [3.05, 3.63) is 17.8 Å². The van der Waals surface area contributed by atoms with E-state index in [1.54, 1.807) is 6.33 Å². The number of aromatic nitrogens is 4. The molecule has 0 aliphatic carbocycles. The molecule has 0 bridgehead atoms. The van der Waals surface area contributed by atoms with Crippen molar-refractivity contribution in [3.8, 4) is 0 Å². The lowest BCUT2D eigenvalue weighted by atomic mass is 10.0. The van der Waals surface area contributed by atoms with Crippen LogP contribution < -0.4 is 0 Å². The van der Waals surface area contributed by atoms with Crippen LogP contribution in [0.25, 0.3) is 11.2 Å². The zero-order valence-electron chi connectivity index (χ0n) is 13.2. The van der Waals surface area contributed by atoms with E-state index in [2.05, 4.69) is 21.9 Å². The van der Waals surface area contributed by atoms with E-state index in [1.165, 1.54) is 38.4 Å². The fourth-order valence-corrected chi connectivity index (χ4v) is 3.00. The van der Waals surface area contributed by atoms with Crippen LogP contribution in [-0.4, -0.2) is 31.2 Å². The van der Waals surface area contributed by atoms with Crippen LogP contribution in [-0.2, 0) is 0 Å². The maximum absolute atomic E-state index is 9.34. The summed E-state index contributed by atoms with van der Waals surface area (Å²) in [6, 6.07) is 0.215. The van der Waals surface area contributed by atoms with Crippen LogP contribution in [0.3, 0.4) is 0 Å². The van der Waals surface area contributed by atoms with E-state index < -0.39 is 0 Å². The second kappa shape index (κ2) is 9.06. The molecule has 0 fully saturated rings. The molecule has 0 radical (unpaired) electrons. The van der Waals surface area contributed by atoms with Crippen molar-refractivity contribution in [2.24, 2.45) is 0 Å². The molecule has 2 aromatic rings. The van der Waals surface area contributed by atoms with Crippen molar-refractivity contribution in [1.82, 2.24) is 19.5 Å². The van der Waals surface area contributed by atoms with Gasteiger partial charge in [-0.1, -0.05) is 57.0 Å². The van der Waals surface area contributed by atoms with E-state index in [-0.39, 0.29) is 12.6 Å². The molecular weight excluding hydrogens is 300 g/mol. The summed E-state index contributed by atoms with van der Waals surface area (Å²) in [5, 5.41) is 9.72. The van der Waals surface area contributed by atoms with Crippen molar-refractivity contribution in [3.63, 3.8) is 0 Å². The predicted molar refractivity (Wildman–Crippen MR) is 89.1 cm³/mol. The summed E-state index contributed by atoms with van der Waals surface area (Å²) in [5.41, 5.74) is 1.39. The lowest BCUT2D eigenvalue weighted by Gasteiger charge is -2.18. The minimum Gasteiger partial charge on any atom is -0.396 e. The average molecular weight is 325 g/mol. The fourth-order valence-electron chi connectivity index (χ4n) is 2.82. The number of hydrogen-bond donors (Lipinski definition) is 1. The first-order valence-corrected chi connectivity index (χ1v) is 8.59. The van der Waals surface area contributed by atoms with Gasteiger partial charge >= 0.3 is 0 Å². The van der Waals surface area contributed by atoms with Gasteiger partial charge in [-0.3, -0.25) is 0 Å². The normalized spacial score (nSPS) is 12.9. The summed E-state index contributed by atoms with van der Waals surface area (Å²) in [5.74, 6) is 0. The first-order valence-electron chi connectivity index (χ1n) is 8.21. The van der Waals surface area contributed by atoms with Gasteiger partial charge < -0.3 is 9.67 Å². The Kier molecular flexibility index (Phi) is 7.06. The highest BCUT2D eigenvalue weighted by atomic mass is 35.5. The van der Waals surface area contributed by atoms with Gasteiger partial charge in [0.25, 0.3) is 0 Å². The average Bonchev–Trinajstić information content (AvgIpc) is 2.95. The summed E-state index contributed by atoms with van der Waals surface area (Å²) in [4.78, 5) is 12.6. The molecule has 122 valence electrons. The highest BCUT2D eigenvalue weighted by Crippen LogP contribution is 2.26. The molecule has 0 aromatic carbocycles. The van der Waals surface area contributed by atoms with Crippen LogP contribution in [0.1, 0.15) is 64.3 Å². The number of nitrogens with zero attached hydrogens (tertiary/aromatic N) is 4. The van der Waals surface area contributed by atoms with Gasteiger partial charge in [0.1, 0.15) is 11.8 Å². The Morgan fingerprint density at radius 2 is 1.86 bits per heavy atom. The van der Waals surface area contributed by atoms with E-state index in [0.717, 1.165) is 18.5 Å². The number of hydrogen-bond acceptors (Lipinski definition) is 4. The monoisotopic (exact) mass is 324 g/mol. The third-order valence-electron chi connectivity index (χ3n) is 4.06. The molecule has 1 unspecified atom stereocenters.